The average molecular weight is 405 g/mol. The van der Waals surface area contributed by atoms with Crippen LogP contribution < -0.4 is 5.32 Å². The number of ether oxygens (including phenoxy) is 1. The van der Waals surface area contributed by atoms with Gasteiger partial charge in [-0.1, -0.05) is 18.2 Å². The maximum absolute atomic E-state index is 12.7. The van der Waals surface area contributed by atoms with E-state index in [0.717, 1.165) is 41.7 Å². The molecular formula is C21H23N7O2. The number of aromatic nitrogens is 6. The highest BCUT2D eigenvalue weighted by Crippen LogP contribution is 2.26. The van der Waals surface area contributed by atoms with Gasteiger partial charge in [0, 0.05) is 24.2 Å². The SMILES string of the molecule is Cc1cc(C)n(-c2nnc3c4ccccc4n(CC(=O)NC[C@H]4CCCO4)c3n2)n1. The average Bonchev–Trinajstić information content (AvgIpc) is 3.45. The Kier molecular flexibility index (Phi) is 4.66. The number of fused-ring (bicyclic) bond motifs is 3. The van der Waals surface area contributed by atoms with Gasteiger partial charge in [0.1, 0.15) is 12.1 Å². The van der Waals surface area contributed by atoms with Crippen molar-refractivity contribution in [2.75, 3.05) is 13.2 Å². The van der Waals surface area contributed by atoms with Crippen LogP contribution in [0.1, 0.15) is 24.2 Å². The van der Waals surface area contributed by atoms with Crippen molar-refractivity contribution >= 4 is 28.0 Å². The minimum absolute atomic E-state index is 0.0839. The summed E-state index contributed by atoms with van der Waals surface area (Å²) in [6.45, 7) is 5.31. The summed E-state index contributed by atoms with van der Waals surface area (Å²) in [6, 6.07) is 9.78. The minimum atomic E-state index is -0.0839. The number of aryl methyl sites for hydroxylation is 2. The Morgan fingerprint density at radius 1 is 1.27 bits per heavy atom. The van der Waals surface area contributed by atoms with Crippen molar-refractivity contribution in [1.29, 1.82) is 0 Å². The number of carbonyl (C=O) groups is 1. The summed E-state index contributed by atoms with van der Waals surface area (Å²) in [7, 11) is 0. The lowest BCUT2D eigenvalue weighted by atomic mass is 10.2. The smallest absolute Gasteiger partial charge is 0.272 e. The molecular weight excluding hydrogens is 382 g/mol. The van der Waals surface area contributed by atoms with Gasteiger partial charge in [-0.15, -0.1) is 10.2 Å². The number of amides is 1. The molecule has 4 aromatic rings. The van der Waals surface area contributed by atoms with Gasteiger partial charge in [-0.3, -0.25) is 4.79 Å². The van der Waals surface area contributed by atoms with Crippen molar-refractivity contribution in [2.45, 2.75) is 39.3 Å². The number of hydrogen-bond acceptors (Lipinski definition) is 6. The molecule has 0 unspecified atom stereocenters. The van der Waals surface area contributed by atoms with E-state index < -0.39 is 0 Å². The standard InChI is InChI=1S/C21H23N7O2/c1-13-10-14(2)28(26-13)21-23-20-19(24-25-21)16-7-3-4-8-17(16)27(20)12-18(29)22-11-15-6-5-9-30-15/h3-4,7-8,10,15H,5-6,9,11-12H2,1-2H3,(H,22,29)/t15-/m1/s1. The highest BCUT2D eigenvalue weighted by atomic mass is 16.5. The fourth-order valence-corrected chi connectivity index (χ4v) is 4.01. The molecule has 154 valence electrons. The first-order valence-corrected chi connectivity index (χ1v) is 10.1. The molecule has 1 aliphatic rings. The molecule has 0 spiro atoms. The number of para-hydroxylation sites is 1. The molecule has 1 fully saturated rings. The molecule has 1 amide bonds. The Labute approximate surface area is 173 Å². The van der Waals surface area contributed by atoms with Crippen LogP contribution in [0.4, 0.5) is 0 Å². The number of nitrogens with one attached hydrogen (secondary N) is 1. The van der Waals surface area contributed by atoms with E-state index in [2.05, 4.69) is 20.6 Å². The van der Waals surface area contributed by atoms with Gasteiger partial charge in [-0.2, -0.15) is 10.1 Å². The lowest BCUT2D eigenvalue weighted by molar-refractivity contribution is -0.122. The van der Waals surface area contributed by atoms with Gasteiger partial charge >= 0.3 is 0 Å². The van der Waals surface area contributed by atoms with Crippen molar-refractivity contribution in [3.63, 3.8) is 0 Å². The summed E-state index contributed by atoms with van der Waals surface area (Å²) >= 11 is 0. The summed E-state index contributed by atoms with van der Waals surface area (Å²) in [5, 5.41) is 17.1. The fraction of sp³-hybridized carbons (Fsp3) is 0.381. The van der Waals surface area contributed by atoms with E-state index >= 15 is 0 Å². The zero-order valence-electron chi connectivity index (χ0n) is 17.0. The molecule has 30 heavy (non-hydrogen) atoms. The number of hydrogen-bond donors (Lipinski definition) is 1. The summed E-state index contributed by atoms with van der Waals surface area (Å²) < 4.78 is 9.15. The molecule has 1 N–H and O–H groups in total. The van der Waals surface area contributed by atoms with Gasteiger partial charge < -0.3 is 14.6 Å². The molecule has 0 radical (unpaired) electrons. The summed E-state index contributed by atoms with van der Waals surface area (Å²) in [5.74, 6) is 0.302. The third kappa shape index (κ3) is 3.30. The van der Waals surface area contributed by atoms with E-state index in [1.807, 2.05) is 48.7 Å². The third-order valence-electron chi connectivity index (χ3n) is 5.41. The number of nitrogens with zero attached hydrogens (tertiary/aromatic N) is 6. The zero-order chi connectivity index (χ0) is 20.7. The van der Waals surface area contributed by atoms with Crippen LogP contribution in [0, 0.1) is 13.8 Å². The van der Waals surface area contributed by atoms with E-state index in [-0.39, 0.29) is 18.6 Å². The number of benzene rings is 1. The Bertz CT molecular complexity index is 1240. The number of rotatable bonds is 5. The van der Waals surface area contributed by atoms with Crippen LogP contribution in [0.15, 0.2) is 30.3 Å². The third-order valence-corrected chi connectivity index (χ3v) is 5.41. The first-order valence-electron chi connectivity index (χ1n) is 10.1. The maximum Gasteiger partial charge on any atom is 0.272 e. The zero-order valence-corrected chi connectivity index (χ0v) is 17.0. The molecule has 1 atom stereocenters. The van der Waals surface area contributed by atoms with Crippen LogP contribution >= 0.6 is 0 Å². The Morgan fingerprint density at radius 3 is 2.90 bits per heavy atom. The fourth-order valence-electron chi connectivity index (χ4n) is 4.01. The highest BCUT2D eigenvalue weighted by Gasteiger charge is 2.20. The molecule has 0 aliphatic carbocycles. The van der Waals surface area contributed by atoms with Crippen molar-refractivity contribution in [2.24, 2.45) is 0 Å². The molecule has 0 saturated carbocycles. The Hall–Kier alpha value is -3.33. The molecule has 3 aromatic heterocycles. The highest BCUT2D eigenvalue weighted by molar-refractivity contribution is 6.04. The summed E-state index contributed by atoms with van der Waals surface area (Å²) in [5.41, 5.74) is 3.98. The normalized spacial score (nSPS) is 16.5. The molecule has 9 nitrogen and oxygen atoms in total. The summed E-state index contributed by atoms with van der Waals surface area (Å²) in [6.07, 6.45) is 2.14. The van der Waals surface area contributed by atoms with Gasteiger partial charge in [-0.05, 0) is 38.8 Å². The summed E-state index contributed by atoms with van der Waals surface area (Å²) in [4.78, 5) is 17.4. The maximum atomic E-state index is 12.7. The second-order valence-corrected chi connectivity index (χ2v) is 7.67. The van der Waals surface area contributed by atoms with Crippen LogP contribution in [-0.2, 0) is 16.1 Å². The van der Waals surface area contributed by atoms with Gasteiger partial charge in [0.05, 0.1) is 17.3 Å². The van der Waals surface area contributed by atoms with E-state index in [1.165, 1.54) is 0 Å². The first-order chi connectivity index (χ1) is 14.6. The van der Waals surface area contributed by atoms with Crippen molar-refractivity contribution in [1.82, 2.24) is 34.8 Å². The molecule has 1 aliphatic heterocycles. The molecule has 4 heterocycles. The second kappa shape index (κ2) is 7.49. The van der Waals surface area contributed by atoms with Crippen molar-refractivity contribution < 1.29 is 9.53 Å². The van der Waals surface area contributed by atoms with Crippen LogP contribution in [0.25, 0.3) is 28.0 Å². The minimum Gasteiger partial charge on any atom is -0.376 e. The van der Waals surface area contributed by atoms with Crippen LogP contribution in [-0.4, -0.2) is 54.7 Å². The van der Waals surface area contributed by atoms with Crippen molar-refractivity contribution in [3.05, 3.63) is 41.7 Å². The molecule has 5 rings (SSSR count). The Morgan fingerprint density at radius 2 is 2.13 bits per heavy atom. The lowest BCUT2D eigenvalue weighted by Gasteiger charge is -2.12. The van der Waals surface area contributed by atoms with Gasteiger partial charge in [-0.25, -0.2) is 4.68 Å². The predicted octanol–water partition coefficient (Wildman–Crippen LogP) is 2.08. The lowest BCUT2D eigenvalue weighted by Crippen LogP contribution is -2.34. The quantitative estimate of drug-likeness (QED) is 0.546. The van der Waals surface area contributed by atoms with E-state index in [9.17, 15) is 4.79 Å². The topological polar surface area (TPSA) is 99.8 Å². The van der Waals surface area contributed by atoms with E-state index in [0.29, 0.717) is 23.7 Å². The molecule has 9 heteroatoms. The largest absolute Gasteiger partial charge is 0.376 e. The second-order valence-electron chi connectivity index (χ2n) is 7.67. The van der Waals surface area contributed by atoms with Gasteiger partial charge in [0.25, 0.3) is 5.95 Å². The van der Waals surface area contributed by atoms with E-state index in [1.54, 1.807) is 4.68 Å². The van der Waals surface area contributed by atoms with Crippen LogP contribution in [0.5, 0.6) is 0 Å². The van der Waals surface area contributed by atoms with Crippen LogP contribution in [0.2, 0.25) is 0 Å². The van der Waals surface area contributed by atoms with Crippen molar-refractivity contribution in [3.8, 4) is 5.95 Å². The first kappa shape index (κ1) is 18.7. The Balaban J connectivity index is 1.53. The molecule has 1 saturated heterocycles. The predicted molar refractivity (Wildman–Crippen MR) is 111 cm³/mol. The van der Waals surface area contributed by atoms with Crippen LogP contribution in [0.3, 0.4) is 0 Å². The molecule has 0 bridgehead atoms. The monoisotopic (exact) mass is 405 g/mol. The van der Waals surface area contributed by atoms with Gasteiger partial charge in [0.2, 0.25) is 5.91 Å². The van der Waals surface area contributed by atoms with E-state index in [4.69, 9.17) is 9.72 Å². The van der Waals surface area contributed by atoms with Gasteiger partial charge in [0.15, 0.2) is 5.65 Å². The number of carbonyl (C=O) groups excluding carboxylic acids is 1. The molecule has 1 aromatic carbocycles.